The lowest BCUT2D eigenvalue weighted by Crippen LogP contribution is -2.40. The van der Waals surface area contributed by atoms with E-state index >= 15 is 0 Å². The van der Waals surface area contributed by atoms with E-state index in [4.69, 9.17) is 4.74 Å². The Balaban J connectivity index is 2.35. The summed E-state index contributed by atoms with van der Waals surface area (Å²) in [4.78, 5) is 13.7. The molecule has 3 heteroatoms. The van der Waals surface area contributed by atoms with Crippen LogP contribution < -0.4 is 0 Å². The molecule has 18 heavy (non-hydrogen) atoms. The van der Waals surface area contributed by atoms with E-state index in [9.17, 15) is 4.79 Å². The lowest BCUT2D eigenvalue weighted by Gasteiger charge is -2.37. The number of hydrogen-bond acceptors (Lipinski definition) is 3. The first kappa shape index (κ1) is 15.6. The van der Waals surface area contributed by atoms with Crippen LogP contribution in [0.1, 0.15) is 46.5 Å². The topological polar surface area (TPSA) is 29.5 Å². The van der Waals surface area contributed by atoms with Crippen molar-refractivity contribution in [1.82, 2.24) is 4.90 Å². The molecule has 0 aliphatic heterocycles. The Kier molecular flexibility index (Phi) is 6.30. The first-order valence-electron chi connectivity index (χ1n) is 7.24. The van der Waals surface area contributed by atoms with E-state index in [1.165, 1.54) is 19.1 Å². The van der Waals surface area contributed by atoms with E-state index in [2.05, 4.69) is 32.7 Å². The van der Waals surface area contributed by atoms with Gasteiger partial charge >= 0.3 is 0 Å². The molecule has 0 atom stereocenters. The minimum atomic E-state index is -0.0981. The van der Waals surface area contributed by atoms with Crippen LogP contribution in [0.4, 0.5) is 0 Å². The molecule has 0 bridgehead atoms. The number of carbonyl (C=O) groups is 1. The van der Waals surface area contributed by atoms with Gasteiger partial charge in [0, 0.05) is 18.5 Å². The van der Waals surface area contributed by atoms with Gasteiger partial charge < -0.3 is 14.4 Å². The third-order valence-corrected chi connectivity index (χ3v) is 4.03. The molecule has 1 saturated carbocycles. The van der Waals surface area contributed by atoms with Gasteiger partial charge in [0.25, 0.3) is 0 Å². The van der Waals surface area contributed by atoms with E-state index in [0.29, 0.717) is 0 Å². The molecule has 0 N–H and O–H groups in total. The summed E-state index contributed by atoms with van der Waals surface area (Å²) in [5.41, 5.74) is -0.0981. The van der Waals surface area contributed by atoms with Gasteiger partial charge in [-0.05, 0) is 52.5 Å². The van der Waals surface area contributed by atoms with E-state index in [-0.39, 0.29) is 11.5 Å². The second-order valence-electron chi connectivity index (χ2n) is 6.32. The Morgan fingerprint density at radius 1 is 1.39 bits per heavy atom. The van der Waals surface area contributed by atoms with Crippen molar-refractivity contribution >= 4 is 6.29 Å². The molecule has 106 valence electrons. The Labute approximate surface area is 112 Å². The number of nitrogens with zero attached hydrogens (tertiary/aromatic N) is 1. The van der Waals surface area contributed by atoms with Crippen LogP contribution in [0.5, 0.6) is 0 Å². The molecule has 0 aromatic carbocycles. The molecular weight excluding hydrogens is 226 g/mol. The zero-order chi connectivity index (χ0) is 13.6. The van der Waals surface area contributed by atoms with Gasteiger partial charge in [0.15, 0.2) is 0 Å². The third-order valence-electron chi connectivity index (χ3n) is 4.03. The maximum Gasteiger partial charge on any atom is 0.127 e. The molecule has 0 spiro atoms. The quantitative estimate of drug-likeness (QED) is 0.655. The Hall–Kier alpha value is -0.410. The van der Waals surface area contributed by atoms with Crippen LogP contribution in [0.3, 0.4) is 0 Å². The molecule has 0 heterocycles. The van der Waals surface area contributed by atoms with Gasteiger partial charge in [-0.2, -0.15) is 0 Å². The van der Waals surface area contributed by atoms with Crippen LogP contribution in [0, 0.1) is 11.3 Å². The lowest BCUT2D eigenvalue weighted by atomic mass is 9.71. The standard InChI is InChI=1S/C15H29NO2/c1-13(2)18-10-9-16(4)11-15(12-17)7-5-14(3)6-8-15/h12-14H,5-11H2,1-4H3. The van der Waals surface area contributed by atoms with Gasteiger partial charge in [0.05, 0.1) is 12.7 Å². The first-order valence-corrected chi connectivity index (χ1v) is 7.24. The highest BCUT2D eigenvalue weighted by Crippen LogP contribution is 2.37. The first-order chi connectivity index (χ1) is 8.47. The molecule has 0 saturated heterocycles. The van der Waals surface area contributed by atoms with Gasteiger partial charge in [-0.15, -0.1) is 0 Å². The summed E-state index contributed by atoms with van der Waals surface area (Å²) in [5, 5.41) is 0. The van der Waals surface area contributed by atoms with Crippen molar-refractivity contribution in [3.8, 4) is 0 Å². The van der Waals surface area contributed by atoms with Crippen molar-refractivity contribution in [3.05, 3.63) is 0 Å². The highest BCUT2D eigenvalue weighted by Gasteiger charge is 2.34. The van der Waals surface area contributed by atoms with E-state index in [1.54, 1.807) is 0 Å². The monoisotopic (exact) mass is 255 g/mol. The fourth-order valence-electron chi connectivity index (χ4n) is 2.71. The number of aldehydes is 1. The fourth-order valence-corrected chi connectivity index (χ4v) is 2.71. The third kappa shape index (κ3) is 5.07. The highest BCUT2D eigenvalue weighted by molar-refractivity contribution is 5.60. The van der Waals surface area contributed by atoms with Crippen LogP contribution in [-0.4, -0.2) is 44.0 Å². The molecule has 1 rings (SSSR count). The van der Waals surface area contributed by atoms with Crippen molar-refractivity contribution in [2.45, 2.75) is 52.6 Å². The summed E-state index contributed by atoms with van der Waals surface area (Å²) in [5.74, 6) is 0.785. The summed E-state index contributed by atoms with van der Waals surface area (Å²) < 4.78 is 5.56. The highest BCUT2D eigenvalue weighted by atomic mass is 16.5. The van der Waals surface area contributed by atoms with Gasteiger partial charge in [-0.3, -0.25) is 0 Å². The Bertz CT molecular complexity index is 245. The second kappa shape index (κ2) is 7.25. The zero-order valence-corrected chi connectivity index (χ0v) is 12.4. The van der Waals surface area contributed by atoms with E-state index in [0.717, 1.165) is 38.5 Å². The summed E-state index contributed by atoms with van der Waals surface area (Å²) in [7, 11) is 2.09. The number of carbonyl (C=O) groups excluding carboxylic acids is 1. The summed E-state index contributed by atoms with van der Waals surface area (Å²) in [6, 6.07) is 0. The van der Waals surface area contributed by atoms with Crippen LogP contribution in [0.2, 0.25) is 0 Å². The second-order valence-corrected chi connectivity index (χ2v) is 6.32. The van der Waals surface area contributed by atoms with Gasteiger partial charge in [-0.1, -0.05) is 6.92 Å². The lowest BCUT2D eigenvalue weighted by molar-refractivity contribution is -0.119. The summed E-state index contributed by atoms with van der Waals surface area (Å²) in [6.45, 7) is 8.92. The van der Waals surface area contributed by atoms with Crippen molar-refractivity contribution < 1.29 is 9.53 Å². The molecule has 3 nitrogen and oxygen atoms in total. The summed E-state index contributed by atoms with van der Waals surface area (Å²) in [6.07, 6.45) is 5.97. The maximum atomic E-state index is 11.4. The molecule has 0 amide bonds. The van der Waals surface area contributed by atoms with Gasteiger partial charge in [0.1, 0.15) is 6.29 Å². The molecule has 1 fully saturated rings. The summed E-state index contributed by atoms with van der Waals surface area (Å²) >= 11 is 0. The van der Waals surface area contributed by atoms with Crippen molar-refractivity contribution in [2.24, 2.45) is 11.3 Å². The number of hydrogen-bond donors (Lipinski definition) is 0. The molecule has 0 radical (unpaired) electrons. The predicted molar refractivity (Wildman–Crippen MR) is 74.7 cm³/mol. The molecule has 0 aromatic rings. The van der Waals surface area contributed by atoms with Crippen molar-refractivity contribution in [3.63, 3.8) is 0 Å². The van der Waals surface area contributed by atoms with Crippen LogP contribution in [0.15, 0.2) is 0 Å². The van der Waals surface area contributed by atoms with E-state index in [1.807, 2.05) is 0 Å². The van der Waals surface area contributed by atoms with Crippen molar-refractivity contribution in [2.75, 3.05) is 26.7 Å². The Morgan fingerprint density at radius 2 is 2.00 bits per heavy atom. The smallest absolute Gasteiger partial charge is 0.127 e. The number of ether oxygens (including phenoxy) is 1. The SMILES string of the molecule is CC1CCC(C=O)(CN(C)CCOC(C)C)CC1. The normalized spacial score (nSPS) is 28.9. The Morgan fingerprint density at radius 3 is 2.50 bits per heavy atom. The van der Waals surface area contributed by atoms with E-state index < -0.39 is 0 Å². The van der Waals surface area contributed by atoms with Crippen LogP contribution in [0.25, 0.3) is 0 Å². The molecule has 1 aliphatic carbocycles. The van der Waals surface area contributed by atoms with Gasteiger partial charge in [0.2, 0.25) is 0 Å². The average Bonchev–Trinajstić information content (AvgIpc) is 2.32. The van der Waals surface area contributed by atoms with Crippen LogP contribution in [-0.2, 0) is 9.53 Å². The predicted octanol–water partition coefficient (Wildman–Crippen LogP) is 2.74. The average molecular weight is 255 g/mol. The number of rotatable bonds is 7. The minimum Gasteiger partial charge on any atom is -0.377 e. The molecular formula is C15H29NO2. The number of likely N-dealkylation sites (N-methyl/N-ethyl adjacent to an activating group) is 1. The van der Waals surface area contributed by atoms with Crippen LogP contribution >= 0.6 is 0 Å². The maximum absolute atomic E-state index is 11.4. The molecule has 1 aliphatic rings. The molecule has 0 aromatic heterocycles. The van der Waals surface area contributed by atoms with Crippen molar-refractivity contribution in [1.29, 1.82) is 0 Å². The minimum absolute atomic E-state index is 0.0981. The zero-order valence-electron chi connectivity index (χ0n) is 12.4. The van der Waals surface area contributed by atoms with Gasteiger partial charge in [-0.25, -0.2) is 0 Å². The largest absolute Gasteiger partial charge is 0.377 e. The fraction of sp³-hybridized carbons (Fsp3) is 0.933. The molecule has 0 unspecified atom stereocenters.